The van der Waals surface area contributed by atoms with Crippen molar-refractivity contribution in [3.8, 4) is 0 Å². The Morgan fingerprint density at radius 1 is 1.36 bits per heavy atom. The summed E-state index contributed by atoms with van der Waals surface area (Å²) in [4.78, 5) is 15.5. The number of hydrogen-bond donors (Lipinski definition) is 0. The SMILES string of the molecule is CCN1CCC(N(C)c2nc(C)nc3scc(C)c23)C(C)C1. The zero-order chi connectivity index (χ0) is 15.9. The van der Waals surface area contributed by atoms with Crippen LogP contribution in [0.5, 0.6) is 0 Å². The van der Waals surface area contributed by atoms with Gasteiger partial charge in [-0.05, 0) is 43.7 Å². The Bertz CT molecular complexity index is 666. The molecule has 0 aromatic carbocycles. The van der Waals surface area contributed by atoms with Gasteiger partial charge in [0, 0.05) is 26.2 Å². The second-order valence-electron chi connectivity index (χ2n) is 6.53. The maximum atomic E-state index is 4.79. The van der Waals surface area contributed by atoms with Crippen LogP contribution in [0.2, 0.25) is 0 Å². The van der Waals surface area contributed by atoms with Crippen molar-refractivity contribution < 1.29 is 0 Å². The van der Waals surface area contributed by atoms with E-state index >= 15 is 0 Å². The van der Waals surface area contributed by atoms with Crippen molar-refractivity contribution in [2.24, 2.45) is 5.92 Å². The van der Waals surface area contributed by atoms with E-state index in [1.165, 1.54) is 30.5 Å². The number of hydrogen-bond acceptors (Lipinski definition) is 5. The molecule has 0 amide bonds. The summed E-state index contributed by atoms with van der Waals surface area (Å²) in [5.74, 6) is 2.64. The lowest BCUT2D eigenvalue weighted by Gasteiger charge is -2.41. The highest BCUT2D eigenvalue weighted by Gasteiger charge is 2.30. The maximum absolute atomic E-state index is 4.79. The molecule has 120 valence electrons. The van der Waals surface area contributed by atoms with Gasteiger partial charge in [-0.3, -0.25) is 0 Å². The van der Waals surface area contributed by atoms with Crippen molar-refractivity contribution in [3.05, 3.63) is 16.8 Å². The lowest BCUT2D eigenvalue weighted by atomic mass is 9.92. The van der Waals surface area contributed by atoms with Crippen LogP contribution in [-0.4, -0.2) is 47.6 Å². The molecule has 1 aliphatic rings. The van der Waals surface area contributed by atoms with Crippen LogP contribution in [0.4, 0.5) is 5.82 Å². The molecule has 2 unspecified atom stereocenters. The second kappa shape index (κ2) is 6.13. The summed E-state index contributed by atoms with van der Waals surface area (Å²) in [6, 6.07) is 0.555. The molecule has 0 N–H and O–H groups in total. The fraction of sp³-hybridized carbons (Fsp3) is 0.647. The summed E-state index contributed by atoms with van der Waals surface area (Å²) in [6.07, 6.45) is 1.21. The van der Waals surface area contributed by atoms with E-state index in [9.17, 15) is 0 Å². The van der Waals surface area contributed by atoms with Gasteiger partial charge in [-0.15, -0.1) is 11.3 Å². The Morgan fingerprint density at radius 3 is 2.82 bits per heavy atom. The molecule has 2 aromatic rings. The van der Waals surface area contributed by atoms with E-state index < -0.39 is 0 Å². The average Bonchev–Trinajstić information content (AvgIpc) is 2.86. The first-order chi connectivity index (χ1) is 10.5. The zero-order valence-electron chi connectivity index (χ0n) is 14.3. The molecule has 0 saturated carbocycles. The Kier molecular flexibility index (Phi) is 4.37. The van der Waals surface area contributed by atoms with Crippen LogP contribution in [0.25, 0.3) is 10.2 Å². The maximum Gasteiger partial charge on any atom is 0.141 e. The third kappa shape index (κ3) is 2.72. The average molecular weight is 318 g/mol. The first kappa shape index (κ1) is 15.7. The van der Waals surface area contributed by atoms with Crippen LogP contribution in [0, 0.1) is 19.8 Å². The lowest BCUT2D eigenvalue weighted by molar-refractivity contribution is 0.169. The molecule has 1 fully saturated rings. The third-order valence-electron chi connectivity index (χ3n) is 4.93. The Hall–Kier alpha value is -1.20. The topological polar surface area (TPSA) is 32.3 Å². The number of piperidine rings is 1. The predicted octanol–water partition coefficient (Wildman–Crippen LogP) is 3.47. The van der Waals surface area contributed by atoms with Gasteiger partial charge in [-0.2, -0.15) is 0 Å². The monoisotopic (exact) mass is 318 g/mol. The van der Waals surface area contributed by atoms with Gasteiger partial charge in [0.1, 0.15) is 16.5 Å². The van der Waals surface area contributed by atoms with Gasteiger partial charge in [0.05, 0.1) is 5.39 Å². The van der Waals surface area contributed by atoms with Gasteiger partial charge in [0.15, 0.2) is 0 Å². The molecule has 0 bridgehead atoms. The standard InChI is InChI=1S/C17H26N4S/c1-6-21-8-7-14(11(2)9-21)20(5)16-15-12(3)10-22-17(15)19-13(4)18-16/h10-11,14H,6-9H2,1-5H3. The van der Waals surface area contributed by atoms with Crippen LogP contribution in [0.15, 0.2) is 5.38 Å². The highest BCUT2D eigenvalue weighted by Crippen LogP contribution is 2.34. The van der Waals surface area contributed by atoms with E-state index in [2.05, 4.69) is 48.0 Å². The highest BCUT2D eigenvalue weighted by atomic mass is 32.1. The Labute approximate surface area is 137 Å². The minimum Gasteiger partial charge on any atom is -0.356 e. The summed E-state index contributed by atoms with van der Waals surface area (Å²) in [5.41, 5.74) is 1.29. The van der Waals surface area contributed by atoms with E-state index in [0.717, 1.165) is 23.0 Å². The van der Waals surface area contributed by atoms with Crippen molar-refractivity contribution in [2.45, 2.75) is 40.2 Å². The molecule has 1 saturated heterocycles. The Morgan fingerprint density at radius 2 is 2.14 bits per heavy atom. The second-order valence-corrected chi connectivity index (χ2v) is 7.39. The third-order valence-corrected chi connectivity index (χ3v) is 5.92. The van der Waals surface area contributed by atoms with Crippen LogP contribution in [0.3, 0.4) is 0 Å². The minimum atomic E-state index is 0.555. The molecule has 2 aromatic heterocycles. The van der Waals surface area contributed by atoms with Gasteiger partial charge < -0.3 is 9.80 Å². The molecule has 3 heterocycles. The number of aromatic nitrogens is 2. The number of likely N-dealkylation sites (tertiary alicyclic amines) is 1. The van der Waals surface area contributed by atoms with Crippen molar-refractivity contribution in [3.63, 3.8) is 0 Å². The zero-order valence-corrected chi connectivity index (χ0v) is 15.1. The van der Waals surface area contributed by atoms with Crippen molar-refractivity contribution in [1.29, 1.82) is 0 Å². The molecule has 0 spiro atoms. The summed E-state index contributed by atoms with van der Waals surface area (Å²) in [7, 11) is 2.21. The van der Waals surface area contributed by atoms with Gasteiger partial charge in [0.2, 0.25) is 0 Å². The summed E-state index contributed by atoms with van der Waals surface area (Å²) in [6.45, 7) is 12.3. The van der Waals surface area contributed by atoms with Crippen LogP contribution in [0.1, 0.15) is 31.7 Å². The van der Waals surface area contributed by atoms with E-state index in [1.807, 2.05) is 6.92 Å². The number of aryl methyl sites for hydroxylation is 2. The molecule has 2 atom stereocenters. The molecular formula is C17H26N4S. The molecule has 1 aliphatic heterocycles. The minimum absolute atomic E-state index is 0.555. The van der Waals surface area contributed by atoms with Crippen molar-refractivity contribution >= 4 is 27.4 Å². The van der Waals surface area contributed by atoms with Crippen LogP contribution >= 0.6 is 11.3 Å². The quantitative estimate of drug-likeness (QED) is 0.867. The lowest BCUT2D eigenvalue weighted by Crippen LogP contribution is -2.49. The van der Waals surface area contributed by atoms with Crippen LogP contribution in [-0.2, 0) is 0 Å². The predicted molar refractivity (Wildman–Crippen MR) is 95.0 cm³/mol. The van der Waals surface area contributed by atoms with Gasteiger partial charge >= 0.3 is 0 Å². The molecule has 5 heteroatoms. The van der Waals surface area contributed by atoms with E-state index in [-0.39, 0.29) is 0 Å². The fourth-order valence-corrected chi connectivity index (χ4v) is 4.62. The molecule has 0 radical (unpaired) electrons. The van der Waals surface area contributed by atoms with Gasteiger partial charge in [-0.25, -0.2) is 9.97 Å². The molecule has 3 rings (SSSR count). The highest BCUT2D eigenvalue weighted by molar-refractivity contribution is 7.17. The largest absolute Gasteiger partial charge is 0.356 e. The van der Waals surface area contributed by atoms with E-state index in [0.29, 0.717) is 12.0 Å². The molecule has 0 aliphatic carbocycles. The molecular weight excluding hydrogens is 292 g/mol. The van der Waals surface area contributed by atoms with Crippen molar-refractivity contribution in [2.75, 3.05) is 31.6 Å². The first-order valence-corrected chi connectivity index (χ1v) is 9.06. The van der Waals surface area contributed by atoms with Gasteiger partial charge in [-0.1, -0.05) is 13.8 Å². The number of rotatable bonds is 3. The van der Waals surface area contributed by atoms with E-state index in [4.69, 9.17) is 4.98 Å². The Balaban J connectivity index is 1.95. The van der Waals surface area contributed by atoms with Gasteiger partial charge in [0.25, 0.3) is 0 Å². The normalized spacial score (nSPS) is 23.1. The number of anilines is 1. The molecule has 4 nitrogen and oxygen atoms in total. The van der Waals surface area contributed by atoms with Crippen LogP contribution < -0.4 is 4.90 Å². The van der Waals surface area contributed by atoms with Crippen molar-refractivity contribution in [1.82, 2.24) is 14.9 Å². The molecule has 22 heavy (non-hydrogen) atoms. The number of fused-ring (bicyclic) bond motifs is 1. The fourth-order valence-electron chi connectivity index (χ4n) is 3.66. The summed E-state index contributed by atoms with van der Waals surface area (Å²) in [5, 5.41) is 3.43. The first-order valence-electron chi connectivity index (χ1n) is 8.18. The summed E-state index contributed by atoms with van der Waals surface area (Å²) >= 11 is 1.73. The summed E-state index contributed by atoms with van der Waals surface area (Å²) < 4.78 is 0. The number of thiophene rings is 1. The van der Waals surface area contributed by atoms with E-state index in [1.54, 1.807) is 11.3 Å². The smallest absolute Gasteiger partial charge is 0.141 e. The number of nitrogens with zero attached hydrogens (tertiary/aromatic N) is 4.